The first-order chi connectivity index (χ1) is 38.0. The Morgan fingerprint density at radius 2 is 0.662 bits per heavy atom. The Morgan fingerprint density at radius 1 is 0.364 bits per heavy atom. The number of allylic oxidation sites excluding steroid dienone is 7. The van der Waals surface area contributed by atoms with E-state index in [4.69, 9.17) is 4.74 Å². The van der Waals surface area contributed by atoms with Crippen LogP contribution < -0.4 is 5.32 Å². The van der Waals surface area contributed by atoms with E-state index in [1.165, 1.54) is 289 Å². The number of rotatable bonds is 64. The van der Waals surface area contributed by atoms with Gasteiger partial charge in [0.15, 0.2) is 0 Å². The number of hydrogen-bond donors (Lipinski definition) is 3. The van der Waals surface area contributed by atoms with Gasteiger partial charge < -0.3 is 20.3 Å². The molecule has 0 spiro atoms. The molecule has 0 heterocycles. The molecular formula is C71H133NO5. The van der Waals surface area contributed by atoms with E-state index in [2.05, 4.69) is 55.6 Å². The Balaban J connectivity index is 3.38. The van der Waals surface area contributed by atoms with E-state index in [0.29, 0.717) is 19.4 Å². The van der Waals surface area contributed by atoms with Crippen molar-refractivity contribution in [2.45, 2.75) is 379 Å². The second kappa shape index (κ2) is 66.3. The maximum Gasteiger partial charge on any atom is 0.305 e. The molecule has 0 fully saturated rings. The Bertz CT molecular complexity index is 1290. The van der Waals surface area contributed by atoms with Gasteiger partial charge in [-0.3, -0.25) is 9.59 Å². The first kappa shape index (κ1) is 74.8. The molecule has 6 nitrogen and oxygen atoms in total. The summed E-state index contributed by atoms with van der Waals surface area (Å²) in [5.41, 5.74) is 0. The molecule has 3 N–H and O–H groups in total. The number of amides is 1. The third-order valence-electron chi connectivity index (χ3n) is 15.8. The zero-order valence-corrected chi connectivity index (χ0v) is 51.7. The number of hydrogen-bond acceptors (Lipinski definition) is 5. The molecule has 2 unspecified atom stereocenters. The molecule has 0 aliphatic rings. The fraction of sp³-hybridized carbons (Fsp3) is 0.859. The highest BCUT2D eigenvalue weighted by Crippen LogP contribution is 2.18. The fourth-order valence-electron chi connectivity index (χ4n) is 10.5. The molecule has 0 radical (unpaired) electrons. The molecule has 2 atom stereocenters. The second-order valence-electron chi connectivity index (χ2n) is 23.5. The van der Waals surface area contributed by atoms with E-state index in [9.17, 15) is 19.8 Å². The lowest BCUT2D eigenvalue weighted by atomic mass is 10.0. The Morgan fingerprint density at radius 3 is 1.04 bits per heavy atom. The van der Waals surface area contributed by atoms with Crippen LogP contribution in [-0.2, 0) is 14.3 Å². The summed E-state index contributed by atoms with van der Waals surface area (Å²) < 4.78 is 5.48. The van der Waals surface area contributed by atoms with Gasteiger partial charge in [0.1, 0.15) is 0 Å². The van der Waals surface area contributed by atoms with Crippen molar-refractivity contribution in [1.29, 1.82) is 0 Å². The van der Waals surface area contributed by atoms with E-state index in [1.54, 1.807) is 6.08 Å². The van der Waals surface area contributed by atoms with Crippen molar-refractivity contribution < 1.29 is 24.5 Å². The molecule has 0 saturated heterocycles. The predicted octanol–water partition coefficient (Wildman–Crippen LogP) is 22.1. The number of unbranched alkanes of at least 4 members (excludes halogenated alkanes) is 47. The summed E-state index contributed by atoms with van der Waals surface area (Å²) in [6.07, 6.45) is 86.1. The lowest BCUT2D eigenvalue weighted by Gasteiger charge is -2.20. The van der Waals surface area contributed by atoms with Crippen molar-refractivity contribution in [2.75, 3.05) is 13.2 Å². The minimum absolute atomic E-state index is 0.00263. The van der Waals surface area contributed by atoms with Gasteiger partial charge in [-0.25, -0.2) is 0 Å². The normalized spacial score (nSPS) is 12.8. The van der Waals surface area contributed by atoms with Crippen LogP contribution in [0.25, 0.3) is 0 Å². The summed E-state index contributed by atoms with van der Waals surface area (Å²) in [7, 11) is 0. The Hall–Kier alpha value is -2.18. The minimum atomic E-state index is -0.843. The molecule has 0 aromatic heterocycles. The van der Waals surface area contributed by atoms with E-state index in [-0.39, 0.29) is 18.5 Å². The molecule has 0 saturated carbocycles. The number of nitrogens with one attached hydrogen (secondary N) is 1. The van der Waals surface area contributed by atoms with Crippen molar-refractivity contribution in [3.05, 3.63) is 48.6 Å². The van der Waals surface area contributed by atoms with Crippen molar-refractivity contribution in [3.8, 4) is 0 Å². The van der Waals surface area contributed by atoms with Crippen molar-refractivity contribution in [1.82, 2.24) is 5.32 Å². The molecule has 6 heteroatoms. The van der Waals surface area contributed by atoms with Gasteiger partial charge in [0, 0.05) is 12.8 Å². The number of carbonyl (C=O) groups is 2. The molecule has 0 aromatic carbocycles. The zero-order valence-electron chi connectivity index (χ0n) is 51.7. The maximum atomic E-state index is 12.5. The molecule has 1 amide bonds. The number of esters is 1. The number of aliphatic hydroxyl groups is 2. The summed E-state index contributed by atoms with van der Waals surface area (Å²) in [5, 5.41) is 23.2. The third-order valence-corrected chi connectivity index (χ3v) is 15.8. The number of aliphatic hydroxyl groups excluding tert-OH is 2. The largest absolute Gasteiger partial charge is 0.466 e. The molecule has 0 aliphatic carbocycles. The Kier molecular flexibility index (Phi) is 64.5. The SMILES string of the molecule is CCCC/C=C\C/C=C\CCCCCCCC(=O)OCCCCCCCCCCCCCC/C=C\CCCCCCCCCCCCCCCCCC(=O)NC(CO)C(O)/C=C/CCCCCCCCCCCCCCC. The minimum Gasteiger partial charge on any atom is -0.466 e. The molecular weight excluding hydrogens is 947 g/mol. The standard InChI is InChI=1S/C71H133NO5/c1-3-5-7-9-11-13-15-17-36-39-43-47-51-55-59-63-69(74)68(67-73)72-70(75)64-60-56-52-48-44-40-37-34-32-30-28-26-24-22-20-19-21-23-25-27-29-31-33-35-38-42-46-50-54-58-62-66-77-71(76)65-61-57-53-49-45-41-18-16-14-12-10-8-6-4-2/h10,12,16,18,21,23,59,63,68-69,73-74H,3-9,11,13-15,17,19-20,22,24-58,60-62,64-67H2,1-2H3,(H,72,75)/b12-10-,18-16-,23-21-,63-59+. The molecule has 0 aliphatic heterocycles. The lowest BCUT2D eigenvalue weighted by molar-refractivity contribution is -0.143. The van der Waals surface area contributed by atoms with Crippen molar-refractivity contribution in [3.63, 3.8) is 0 Å². The summed E-state index contributed by atoms with van der Waals surface area (Å²) in [6.45, 7) is 4.88. The smallest absolute Gasteiger partial charge is 0.305 e. The van der Waals surface area contributed by atoms with E-state index in [0.717, 1.165) is 51.4 Å². The van der Waals surface area contributed by atoms with Crippen LogP contribution >= 0.6 is 0 Å². The summed E-state index contributed by atoms with van der Waals surface area (Å²) in [4.78, 5) is 24.5. The van der Waals surface area contributed by atoms with E-state index >= 15 is 0 Å². The van der Waals surface area contributed by atoms with Gasteiger partial charge in [0.25, 0.3) is 0 Å². The van der Waals surface area contributed by atoms with E-state index in [1.807, 2.05) is 6.08 Å². The van der Waals surface area contributed by atoms with Gasteiger partial charge >= 0.3 is 5.97 Å². The van der Waals surface area contributed by atoms with Gasteiger partial charge in [-0.15, -0.1) is 0 Å². The quantitative estimate of drug-likeness (QED) is 0.0320. The summed E-state index contributed by atoms with van der Waals surface area (Å²) >= 11 is 0. The van der Waals surface area contributed by atoms with Gasteiger partial charge in [-0.1, -0.05) is 319 Å². The van der Waals surface area contributed by atoms with Gasteiger partial charge in [-0.05, 0) is 83.5 Å². The average Bonchev–Trinajstić information content (AvgIpc) is 3.43. The van der Waals surface area contributed by atoms with Gasteiger partial charge in [0.2, 0.25) is 5.91 Å². The van der Waals surface area contributed by atoms with Crippen molar-refractivity contribution in [2.24, 2.45) is 0 Å². The highest BCUT2D eigenvalue weighted by molar-refractivity contribution is 5.76. The molecule has 0 bridgehead atoms. The average molecular weight is 1080 g/mol. The van der Waals surface area contributed by atoms with Gasteiger partial charge in [0.05, 0.1) is 25.4 Å². The molecule has 0 aromatic rings. The Labute approximate surface area is 480 Å². The predicted molar refractivity (Wildman–Crippen MR) is 338 cm³/mol. The van der Waals surface area contributed by atoms with Crippen LogP contribution in [0.2, 0.25) is 0 Å². The molecule has 77 heavy (non-hydrogen) atoms. The zero-order chi connectivity index (χ0) is 55.7. The number of ether oxygens (including phenoxy) is 1. The first-order valence-electron chi connectivity index (χ1n) is 34.4. The molecule has 0 rings (SSSR count). The van der Waals surface area contributed by atoms with Crippen LogP contribution in [0.15, 0.2) is 48.6 Å². The summed E-state index contributed by atoms with van der Waals surface area (Å²) in [6, 6.07) is -0.626. The monoisotopic (exact) mass is 1080 g/mol. The van der Waals surface area contributed by atoms with Crippen LogP contribution in [0.4, 0.5) is 0 Å². The molecule has 452 valence electrons. The third kappa shape index (κ3) is 62.9. The van der Waals surface area contributed by atoms with Crippen molar-refractivity contribution >= 4 is 11.9 Å². The summed E-state index contributed by atoms with van der Waals surface area (Å²) in [5.74, 6) is -0.0617. The van der Waals surface area contributed by atoms with Gasteiger partial charge in [-0.2, -0.15) is 0 Å². The fourth-order valence-corrected chi connectivity index (χ4v) is 10.5. The van der Waals surface area contributed by atoms with Crippen LogP contribution in [0.1, 0.15) is 367 Å². The van der Waals surface area contributed by atoms with Crippen LogP contribution in [0, 0.1) is 0 Å². The highest BCUT2D eigenvalue weighted by atomic mass is 16.5. The van der Waals surface area contributed by atoms with Crippen LogP contribution in [-0.4, -0.2) is 47.4 Å². The first-order valence-corrected chi connectivity index (χ1v) is 34.4. The van der Waals surface area contributed by atoms with Crippen LogP contribution in [0.3, 0.4) is 0 Å². The van der Waals surface area contributed by atoms with Crippen LogP contribution in [0.5, 0.6) is 0 Å². The maximum absolute atomic E-state index is 12.5. The topological polar surface area (TPSA) is 95.9 Å². The second-order valence-corrected chi connectivity index (χ2v) is 23.5. The lowest BCUT2D eigenvalue weighted by Crippen LogP contribution is -2.45. The van der Waals surface area contributed by atoms with E-state index < -0.39 is 12.1 Å². The highest BCUT2D eigenvalue weighted by Gasteiger charge is 2.18. The number of carbonyl (C=O) groups excluding carboxylic acids is 2.